The van der Waals surface area contributed by atoms with Gasteiger partial charge in [0.05, 0.1) is 45.0 Å². The van der Waals surface area contributed by atoms with E-state index >= 15 is 0 Å². The molecule has 1 fully saturated rings. The molecule has 0 spiro atoms. The summed E-state index contributed by atoms with van der Waals surface area (Å²) in [6.07, 6.45) is 1.31. The van der Waals surface area contributed by atoms with E-state index in [1.165, 1.54) is 34.1 Å². The molecule has 2 aromatic heterocycles. The fraction of sp³-hybridized carbons (Fsp3) is 0.403. The Morgan fingerprint density at radius 1 is 0.920 bits per heavy atom. The van der Waals surface area contributed by atoms with E-state index in [0.29, 0.717) is 53.0 Å². The highest BCUT2D eigenvalue weighted by Gasteiger charge is 2.46. The molecule has 9 rings (SSSR count). The average Bonchev–Trinajstić information content (AvgIpc) is 1.66. The number of benzene rings is 4. The summed E-state index contributed by atoms with van der Waals surface area (Å²) in [5.41, 5.74) is 11.1. The fourth-order valence-corrected chi connectivity index (χ4v) is 13.0. The van der Waals surface area contributed by atoms with Gasteiger partial charge in [0.15, 0.2) is 0 Å². The van der Waals surface area contributed by atoms with E-state index in [-0.39, 0.29) is 68.8 Å². The molecule has 7 atom stereocenters. The zero-order valence-corrected chi connectivity index (χ0v) is 51.2. The Bertz CT molecular complexity index is 3690. The molecule has 0 unspecified atom stereocenters. The number of ether oxygens (including phenoxy) is 1. The van der Waals surface area contributed by atoms with Crippen molar-refractivity contribution in [2.45, 2.75) is 141 Å². The Kier molecular flexibility index (Phi) is 19.5. The standard InChI is InChI=1S/C62H71ClN9O13PS/c1-33(35-16-18-38(19-17-35)54-34(2)65-32-87-54)66-57(77)47-29-43(73)30-71(47)60(80)55(62(3,4)5)70-51(75)15-7-6-10-36-11-9-14-49(52(36)63)85-31-42(22-25-50(64)74)67-58(78)48-28-39-13-8-12-37-20-24-45(59(79)72(48)53(37)39)69-56(76)46-27-41-26-40(21-23-44(41)68-46)61(81)86(82,83)84/h8-9,11-14,16-19,21,23,26-27,32-33,42-43,45,47-48,55,68,73H,6-7,10,15,20,22,24-25,28-31H2,1-5H3,(H2,64,74)(H,66,77)(H,67,78)(H,69,76)(H,70,75)(H2,82,83,84)/t33-,42-,43+,45-,47-,48-,55+/m0/s1. The van der Waals surface area contributed by atoms with Crippen molar-refractivity contribution in [2.24, 2.45) is 11.1 Å². The number of primary amides is 1. The van der Waals surface area contributed by atoms with E-state index in [4.69, 9.17) is 22.1 Å². The number of para-hydroxylation sites is 1. The Hall–Kier alpha value is -7.79. The monoisotopic (exact) mass is 1250 g/mol. The van der Waals surface area contributed by atoms with Crippen LogP contribution in [-0.4, -0.2) is 126 Å². The molecule has 22 nitrogen and oxygen atoms in total. The van der Waals surface area contributed by atoms with E-state index in [0.717, 1.165) is 38.4 Å². The highest BCUT2D eigenvalue weighted by molar-refractivity contribution is 7.70. The number of aliphatic hydroxyl groups is 1. The number of β-amino-alcohol motifs (C(OH)–C–C–N with tert-alkyl or cyclic N) is 1. The molecular weight excluding hydrogens is 1180 g/mol. The van der Waals surface area contributed by atoms with Gasteiger partial charge < -0.3 is 56.5 Å². The van der Waals surface area contributed by atoms with Gasteiger partial charge in [-0.05, 0) is 116 Å². The summed E-state index contributed by atoms with van der Waals surface area (Å²) in [6.45, 7) is 9.08. The van der Waals surface area contributed by atoms with Crippen molar-refractivity contribution in [1.82, 2.24) is 36.1 Å². The first-order valence-electron chi connectivity index (χ1n) is 28.8. The van der Waals surface area contributed by atoms with Crippen molar-refractivity contribution in [2.75, 3.05) is 18.1 Å². The first-order valence-corrected chi connectivity index (χ1v) is 31.7. The number of amides is 7. The van der Waals surface area contributed by atoms with Gasteiger partial charge in [0, 0.05) is 48.7 Å². The summed E-state index contributed by atoms with van der Waals surface area (Å²) >= 11 is 8.48. The van der Waals surface area contributed by atoms with E-state index < -0.39 is 96.3 Å². The second kappa shape index (κ2) is 26.7. The Balaban J connectivity index is 0.786. The second-order valence-corrected chi connectivity index (χ2v) is 26.3. The molecular formula is C62H71ClN9O13PS. The van der Waals surface area contributed by atoms with Crippen molar-refractivity contribution in [3.8, 4) is 16.2 Å². The maximum atomic E-state index is 14.6. The minimum absolute atomic E-state index is 0.0215. The van der Waals surface area contributed by atoms with Crippen LogP contribution in [0.4, 0.5) is 5.69 Å². The van der Waals surface area contributed by atoms with Gasteiger partial charge >= 0.3 is 7.60 Å². The summed E-state index contributed by atoms with van der Waals surface area (Å²) in [7, 11) is -5.07. The molecule has 25 heteroatoms. The minimum atomic E-state index is -5.07. The fourth-order valence-electron chi connectivity index (χ4n) is 11.5. The van der Waals surface area contributed by atoms with Crippen LogP contribution in [0.25, 0.3) is 21.3 Å². The maximum Gasteiger partial charge on any atom is 0.396 e. The summed E-state index contributed by atoms with van der Waals surface area (Å²) < 4.78 is 17.8. The van der Waals surface area contributed by atoms with Gasteiger partial charge in [0.25, 0.3) is 11.4 Å². The number of H-pyrrole nitrogens is 1. The number of carbonyl (C=O) groups is 8. The molecule has 1 saturated heterocycles. The average molecular weight is 1250 g/mol. The van der Waals surface area contributed by atoms with Crippen LogP contribution in [0, 0.1) is 12.3 Å². The number of likely N-dealkylation sites (tertiary alicyclic amines) is 1. The summed E-state index contributed by atoms with van der Waals surface area (Å²) in [4.78, 5) is 139. The van der Waals surface area contributed by atoms with Crippen LogP contribution in [-0.2, 0) is 52.6 Å². The number of unbranched alkanes of at least 4 members (excludes halogenated alkanes) is 1. The van der Waals surface area contributed by atoms with Gasteiger partial charge in [-0.15, -0.1) is 11.3 Å². The number of aliphatic hydroxyl groups excluding tert-OH is 1. The quantitative estimate of drug-likeness (QED) is 0.0245. The number of rotatable bonds is 23. The highest BCUT2D eigenvalue weighted by Crippen LogP contribution is 2.41. The Labute approximate surface area is 511 Å². The molecule has 3 aliphatic rings. The largest absolute Gasteiger partial charge is 0.490 e. The van der Waals surface area contributed by atoms with Crippen LogP contribution in [0.1, 0.15) is 127 Å². The predicted molar refractivity (Wildman–Crippen MR) is 327 cm³/mol. The number of hydrogen-bond acceptors (Lipinski definition) is 13. The van der Waals surface area contributed by atoms with Crippen molar-refractivity contribution in [1.29, 1.82) is 0 Å². The summed E-state index contributed by atoms with van der Waals surface area (Å²) in [5, 5.41) is 23.1. The third-order valence-corrected chi connectivity index (χ3v) is 18.3. The number of hydrogen-bond donors (Lipinski definition) is 9. The van der Waals surface area contributed by atoms with Gasteiger partial charge in [-0.25, -0.2) is 4.98 Å². The lowest BCUT2D eigenvalue weighted by molar-refractivity contribution is -0.144. The van der Waals surface area contributed by atoms with Crippen LogP contribution < -0.4 is 36.6 Å². The molecule has 10 N–H and O–H groups in total. The topological polar surface area (TPSA) is 333 Å². The van der Waals surface area contributed by atoms with Crippen LogP contribution in [0.2, 0.25) is 5.02 Å². The van der Waals surface area contributed by atoms with E-state index in [2.05, 4.69) is 31.2 Å². The number of aryl methyl sites for hydroxylation is 3. The predicted octanol–water partition coefficient (Wildman–Crippen LogP) is 6.49. The molecule has 87 heavy (non-hydrogen) atoms. The normalized spacial score (nSPS) is 18.5. The number of fused-ring (bicyclic) bond motifs is 1. The number of aromatic nitrogens is 2. The molecule has 460 valence electrons. The van der Waals surface area contributed by atoms with Crippen molar-refractivity contribution >= 4 is 94.0 Å². The molecule has 3 aliphatic heterocycles. The lowest BCUT2D eigenvalue weighted by atomic mass is 9.85. The summed E-state index contributed by atoms with van der Waals surface area (Å²) in [6, 6.07) is 18.6. The van der Waals surface area contributed by atoms with Gasteiger partial charge in [-0.3, -0.25) is 47.8 Å². The summed E-state index contributed by atoms with van der Waals surface area (Å²) in [5.74, 6) is -3.29. The number of carbonyl (C=O) groups excluding carboxylic acids is 8. The zero-order chi connectivity index (χ0) is 62.6. The number of halogens is 1. The van der Waals surface area contributed by atoms with E-state index in [1.54, 1.807) is 29.0 Å². The molecule has 0 radical (unpaired) electrons. The zero-order valence-electron chi connectivity index (χ0n) is 48.8. The lowest BCUT2D eigenvalue weighted by Crippen LogP contribution is -2.57. The number of aromatic amines is 1. The number of anilines is 1. The van der Waals surface area contributed by atoms with Gasteiger partial charge in [0.1, 0.15) is 42.2 Å². The van der Waals surface area contributed by atoms with Crippen LogP contribution in [0.5, 0.6) is 5.75 Å². The van der Waals surface area contributed by atoms with Crippen LogP contribution in [0.3, 0.4) is 0 Å². The van der Waals surface area contributed by atoms with E-state index in [9.17, 15) is 57.8 Å². The van der Waals surface area contributed by atoms with Gasteiger partial charge in [-0.1, -0.05) is 87.0 Å². The molecule has 0 bridgehead atoms. The number of nitrogens with one attached hydrogen (secondary N) is 5. The van der Waals surface area contributed by atoms with Crippen LogP contribution in [0.15, 0.2) is 90.4 Å². The first-order chi connectivity index (χ1) is 41.2. The van der Waals surface area contributed by atoms with Gasteiger partial charge in [0.2, 0.25) is 35.4 Å². The lowest BCUT2D eigenvalue weighted by Gasteiger charge is -2.35. The van der Waals surface area contributed by atoms with Gasteiger partial charge in [-0.2, -0.15) is 0 Å². The molecule has 0 aliphatic carbocycles. The Morgan fingerprint density at radius 2 is 1.64 bits per heavy atom. The number of thiazole rings is 1. The number of nitrogens with two attached hydrogens (primary N) is 1. The van der Waals surface area contributed by atoms with Crippen LogP contribution >= 0.6 is 30.5 Å². The first kappa shape index (κ1) is 63.7. The number of nitrogens with zero attached hydrogens (tertiary/aromatic N) is 3. The molecule has 0 saturated carbocycles. The SMILES string of the molecule is Cc1ncsc1-c1ccc([C@H](C)NC(=O)[C@@H]2C[C@@H](O)CN2C(=O)[C@@H](NC(=O)CCCCc2cccc(OC[C@H](CCC(N)=O)NC(=O)[C@@H]3Cc4cccc5c4N3C(=O)[C@@H](NC(=O)c3cc4cc(C(=O)P(=O)(O)O)ccc4[nH]3)CC5)c2Cl)C(C)(C)C)cc1. The maximum absolute atomic E-state index is 14.6. The smallest absolute Gasteiger partial charge is 0.396 e. The molecule has 5 heterocycles. The molecule has 7 amide bonds. The van der Waals surface area contributed by atoms with E-state index in [1.807, 2.05) is 83.1 Å². The Morgan fingerprint density at radius 3 is 2.34 bits per heavy atom. The third-order valence-electron chi connectivity index (χ3n) is 16.1. The molecule has 4 aromatic carbocycles. The van der Waals surface area contributed by atoms with Crippen molar-refractivity contribution < 1.29 is 62.6 Å². The van der Waals surface area contributed by atoms with Crippen molar-refractivity contribution in [3.63, 3.8) is 0 Å². The third kappa shape index (κ3) is 14.8. The second-order valence-electron chi connectivity index (χ2n) is 23.6. The highest BCUT2D eigenvalue weighted by atomic mass is 35.5. The minimum Gasteiger partial charge on any atom is -0.490 e. The molecule has 6 aromatic rings. The van der Waals surface area contributed by atoms with Crippen molar-refractivity contribution in [3.05, 3.63) is 135 Å².